The third-order valence-electron chi connectivity index (χ3n) is 3.37. The summed E-state index contributed by atoms with van der Waals surface area (Å²) in [5, 5.41) is 9.62. The summed E-state index contributed by atoms with van der Waals surface area (Å²) in [6, 6.07) is 14.1. The number of ether oxygens (including phenoxy) is 1. The molecule has 0 aliphatic carbocycles. The maximum absolute atomic E-state index is 12.0. The predicted molar refractivity (Wildman–Crippen MR) is 81.8 cm³/mol. The van der Waals surface area contributed by atoms with Crippen molar-refractivity contribution in [3.8, 4) is 0 Å². The third-order valence-corrected chi connectivity index (χ3v) is 3.37. The van der Waals surface area contributed by atoms with Crippen LogP contribution >= 0.6 is 0 Å². The first-order valence-corrected chi connectivity index (χ1v) is 6.95. The Morgan fingerprint density at radius 2 is 1.86 bits per heavy atom. The molecule has 0 N–H and O–H groups in total. The minimum atomic E-state index is -0.687. The summed E-state index contributed by atoms with van der Waals surface area (Å²) < 4.78 is 5.75. The molecule has 0 radical (unpaired) electrons. The number of azo groups is 1. The second kappa shape index (κ2) is 5.58. The Bertz CT molecular complexity index is 742. The first kappa shape index (κ1) is 13.6. The van der Waals surface area contributed by atoms with Crippen LogP contribution in [-0.4, -0.2) is 18.1 Å². The average molecular weight is 280 g/mol. The number of benzene rings is 2. The summed E-state index contributed by atoms with van der Waals surface area (Å²) >= 11 is 0. The first-order chi connectivity index (χ1) is 10.2. The zero-order valence-corrected chi connectivity index (χ0v) is 12.0. The van der Waals surface area contributed by atoms with E-state index in [1.807, 2.05) is 56.3 Å². The van der Waals surface area contributed by atoms with Gasteiger partial charge >= 0.3 is 0 Å². The van der Waals surface area contributed by atoms with Crippen LogP contribution in [0.4, 0.5) is 0 Å². The van der Waals surface area contributed by atoms with Crippen LogP contribution in [0.25, 0.3) is 16.3 Å². The van der Waals surface area contributed by atoms with E-state index in [1.165, 1.54) is 0 Å². The van der Waals surface area contributed by atoms with Crippen molar-refractivity contribution in [2.75, 3.05) is 0 Å². The summed E-state index contributed by atoms with van der Waals surface area (Å²) in [7, 11) is 0. The zero-order valence-electron chi connectivity index (χ0n) is 12.0. The molecule has 1 aliphatic rings. The van der Waals surface area contributed by atoms with Crippen molar-refractivity contribution in [2.45, 2.75) is 26.1 Å². The lowest BCUT2D eigenvalue weighted by Crippen LogP contribution is -2.28. The summed E-state index contributed by atoms with van der Waals surface area (Å²) in [5.74, 6) is -0.353. The Morgan fingerprint density at radius 1 is 1.10 bits per heavy atom. The van der Waals surface area contributed by atoms with Crippen LogP contribution in [0.2, 0.25) is 0 Å². The summed E-state index contributed by atoms with van der Waals surface area (Å²) in [4.78, 5) is 12.0. The zero-order chi connectivity index (χ0) is 14.8. The van der Waals surface area contributed by atoms with Crippen molar-refractivity contribution < 1.29 is 9.53 Å². The molecule has 3 rings (SSSR count). The highest BCUT2D eigenvalue weighted by Gasteiger charge is 2.29. The number of fused-ring (bicyclic) bond motifs is 1. The van der Waals surface area contributed by atoms with E-state index in [-0.39, 0.29) is 12.0 Å². The molecule has 1 aliphatic heterocycles. The second-order valence-electron chi connectivity index (χ2n) is 5.23. The van der Waals surface area contributed by atoms with Crippen molar-refractivity contribution in [2.24, 2.45) is 10.2 Å². The van der Waals surface area contributed by atoms with Gasteiger partial charge in [-0.1, -0.05) is 42.5 Å². The van der Waals surface area contributed by atoms with Crippen LogP contribution in [0.3, 0.4) is 0 Å². The smallest absolute Gasteiger partial charge is 0.297 e. The van der Waals surface area contributed by atoms with Crippen LogP contribution in [0.5, 0.6) is 0 Å². The van der Waals surface area contributed by atoms with E-state index in [1.54, 1.807) is 6.20 Å². The molecule has 0 saturated carbocycles. The monoisotopic (exact) mass is 280 g/mol. The molecule has 106 valence electrons. The fourth-order valence-corrected chi connectivity index (χ4v) is 2.49. The highest BCUT2D eigenvalue weighted by molar-refractivity contribution is 6.02. The molecule has 4 nitrogen and oxygen atoms in total. The topological polar surface area (TPSA) is 51.0 Å². The fraction of sp³-hybridized carbons (Fsp3) is 0.235. The molecule has 2 aromatic carbocycles. The summed E-state index contributed by atoms with van der Waals surface area (Å²) in [5.41, 5.74) is 1.73. The second-order valence-corrected chi connectivity index (χ2v) is 5.23. The van der Waals surface area contributed by atoms with Gasteiger partial charge in [-0.15, -0.1) is 5.11 Å². The molecular weight excluding hydrogens is 264 g/mol. The van der Waals surface area contributed by atoms with Gasteiger partial charge in [-0.3, -0.25) is 4.79 Å². The van der Waals surface area contributed by atoms with E-state index < -0.39 is 6.10 Å². The molecule has 21 heavy (non-hydrogen) atoms. The quantitative estimate of drug-likeness (QED) is 0.854. The molecule has 1 amide bonds. The van der Waals surface area contributed by atoms with Gasteiger partial charge in [0.2, 0.25) is 0 Å². The number of carbonyl (C=O) groups excluding carboxylic acids is 1. The van der Waals surface area contributed by atoms with E-state index in [0.717, 1.165) is 21.9 Å². The van der Waals surface area contributed by atoms with Crippen LogP contribution in [-0.2, 0) is 9.53 Å². The molecule has 1 atom stereocenters. The van der Waals surface area contributed by atoms with E-state index in [4.69, 9.17) is 4.74 Å². The van der Waals surface area contributed by atoms with Gasteiger partial charge in [0.05, 0.1) is 12.3 Å². The van der Waals surface area contributed by atoms with Crippen molar-refractivity contribution in [1.82, 2.24) is 0 Å². The Morgan fingerprint density at radius 3 is 2.67 bits per heavy atom. The van der Waals surface area contributed by atoms with E-state index >= 15 is 0 Å². The molecule has 0 fully saturated rings. The van der Waals surface area contributed by atoms with Gasteiger partial charge in [-0.2, -0.15) is 5.11 Å². The number of nitrogens with zero attached hydrogens (tertiary/aromatic N) is 2. The average Bonchev–Trinajstić information content (AvgIpc) is 2.48. The van der Waals surface area contributed by atoms with Gasteiger partial charge < -0.3 is 4.74 Å². The van der Waals surface area contributed by atoms with Crippen molar-refractivity contribution in [3.63, 3.8) is 0 Å². The van der Waals surface area contributed by atoms with Gasteiger partial charge in [0.25, 0.3) is 5.91 Å². The molecule has 0 saturated heterocycles. The summed E-state index contributed by atoms with van der Waals surface area (Å²) in [6.07, 6.45) is 0.870. The molecular formula is C17H16N2O2. The Hall–Kier alpha value is -2.33. The number of hydrogen-bond acceptors (Lipinski definition) is 3. The van der Waals surface area contributed by atoms with Crippen molar-refractivity contribution in [3.05, 3.63) is 54.2 Å². The highest BCUT2D eigenvalue weighted by Crippen LogP contribution is 2.31. The van der Waals surface area contributed by atoms with Crippen molar-refractivity contribution in [1.29, 1.82) is 0 Å². The number of amides is 1. The minimum Gasteiger partial charge on any atom is -0.361 e. The van der Waals surface area contributed by atoms with E-state index in [2.05, 4.69) is 10.2 Å². The fourth-order valence-electron chi connectivity index (χ4n) is 2.49. The van der Waals surface area contributed by atoms with Crippen LogP contribution in [0.1, 0.15) is 19.4 Å². The van der Waals surface area contributed by atoms with Gasteiger partial charge in [-0.25, -0.2) is 0 Å². The Balaban J connectivity index is 2.13. The van der Waals surface area contributed by atoms with Crippen molar-refractivity contribution >= 4 is 22.3 Å². The van der Waals surface area contributed by atoms with Crippen LogP contribution in [0.15, 0.2) is 58.9 Å². The van der Waals surface area contributed by atoms with Crippen LogP contribution < -0.4 is 0 Å². The lowest BCUT2D eigenvalue weighted by molar-refractivity contribution is -0.128. The lowest BCUT2D eigenvalue weighted by atomic mass is 9.94. The van der Waals surface area contributed by atoms with E-state index in [9.17, 15) is 4.79 Å². The molecule has 1 unspecified atom stereocenters. The van der Waals surface area contributed by atoms with Gasteiger partial charge in [0.1, 0.15) is 0 Å². The molecule has 4 heteroatoms. The number of carbonyl (C=O) groups is 1. The number of hydrogen-bond donors (Lipinski definition) is 0. The molecule has 1 heterocycles. The largest absolute Gasteiger partial charge is 0.361 e. The lowest BCUT2D eigenvalue weighted by Gasteiger charge is -2.22. The minimum absolute atomic E-state index is 0.0642. The molecule has 0 bridgehead atoms. The Kier molecular flexibility index (Phi) is 3.62. The highest BCUT2D eigenvalue weighted by atomic mass is 16.5. The standard InChI is InChI=1S/C17H16N2O2/c1-11(2)21-16-15(10-18-19-17(16)20)14-9-5-7-12-6-3-4-8-13(12)14/h3-11,16H,1-2H3. The maximum Gasteiger partial charge on any atom is 0.297 e. The molecule has 0 aromatic heterocycles. The van der Waals surface area contributed by atoms with Gasteiger partial charge in [0, 0.05) is 5.57 Å². The van der Waals surface area contributed by atoms with Gasteiger partial charge in [0.15, 0.2) is 6.10 Å². The molecule has 2 aromatic rings. The molecule has 0 spiro atoms. The normalized spacial score (nSPS) is 18.3. The van der Waals surface area contributed by atoms with E-state index in [0.29, 0.717) is 0 Å². The predicted octanol–water partition coefficient (Wildman–Crippen LogP) is 3.97. The van der Waals surface area contributed by atoms with Crippen LogP contribution in [0, 0.1) is 0 Å². The third kappa shape index (κ3) is 2.62. The SMILES string of the molecule is CC(C)OC1C(=O)N=NC=C1c1cccc2ccccc12. The van der Waals surface area contributed by atoms with Gasteiger partial charge in [-0.05, 0) is 30.2 Å². The maximum atomic E-state index is 12.0. The first-order valence-electron chi connectivity index (χ1n) is 6.95. The Labute approximate surface area is 123 Å². The summed E-state index contributed by atoms with van der Waals surface area (Å²) in [6.45, 7) is 3.81. The number of rotatable bonds is 3.